The summed E-state index contributed by atoms with van der Waals surface area (Å²) in [6.07, 6.45) is 0. The van der Waals surface area contributed by atoms with Crippen LogP contribution in [0.1, 0.15) is 23.0 Å². The number of esters is 1. The minimum absolute atomic E-state index is 0.108. The summed E-state index contributed by atoms with van der Waals surface area (Å²) in [7, 11) is 1.62. The van der Waals surface area contributed by atoms with Gasteiger partial charge in [-0.05, 0) is 12.5 Å². The molecule has 0 amide bonds. The van der Waals surface area contributed by atoms with Gasteiger partial charge in [-0.1, -0.05) is 30.3 Å². The molecule has 162 valence electrons. The van der Waals surface area contributed by atoms with Gasteiger partial charge in [0.1, 0.15) is 6.61 Å². The third-order valence-corrected chi connectivity index (χ3v) is 4.99. The number of β-amino-alcohol motifs (C(OH)–C–C–N with tert-alkyl or cyclic N) is 1. The number of carbonyl (C=O) groups excluding carboxylic acids is 1. The lowest BCUT2D eigenvalue weighted by molar-refractivity contribution is 0.0512. The van der Waals surface area contributed by atoms with Crippen molar-refractivity contribution in [3.05, 3.63) is 51.9 Å². The second-order valence-electron chi connectivity index (χ2n) is 7.00. The van der Waals surface area contributed by atoms with Crippen LogP contribution in [0.3, 0.4) is 0 Å². The number of hydrogen-bond donors (Lipinski definition) is 1. The average Bonchev–Trinajstić information content (AvgIpc) is 2.76. The molecule has 2 aromatic rings. The van der Waals surface area contributed by atoms with Gasteiger partial charge in [0, 0.05) is 39.8 Å². The van der Waals surface area contributed by atoms with E-state index >= 15 is 0 Å². The van der Waals surface area contributed by atoms with Gasteiger partial charge in [0.2, 0.25) is 11.7 Å². The third kappa shape index (κ3) is 4.98. The summed E-state index contributed by atoms with van der Waals surface area (Å²) in [5, 5.41) is 9.11. The zero-order chi connectivity index (χ0) is 21.5. The number of nitrogens with zero attached hydrogens (tertiary/aromatic N) is 4. The van der Waals surface area contributed by atoms with E-state index in [0.29, 0.717) is 25.6 Å². The van der Waals surface area contributed by atoms with Gasteiger partial charge < -0.3 is 19.5 Å². The number of benzene rings is 1. The van der Waals surface area contributed by atoms with E-state index in [0.717, 1.165) is 18.7 Å². The first-order valence-corrected chi connectivity index (χ1v) is 10.1. The molecule has 3 rings (SSSR count). The minimum Gasteiger partial charge on any atom is -0.481 e. The standard InChI is InChI=1S/C21H28N4O5/c1-3-29-20(28)17-18(30-15-16-7-5-4-6-8-16)19(27)23(2)21(22-17)25-11-9-24(10-12-25)13-14-26/h4-8,26H,3,9-15H2,1-2H3. The largest absolute Gasteiger partial charge is 0.481 e. The Balaban J connectivity index is 1.90. The van der Waals surface area contributed by atoms with E-state index in [1.165, 1.54) is 4.57 Å². The van der Waals surface area contributed by atoms with Crippen molar-refractivity contribution in [3.8, 4) is 5.75 Å². The van der Waals surface area contributed by atoms with Crippen LogP contribution < -0.4 is 15.2 Å². The number of aromatic nitrogens is 2. The molecule has 1 aliphatic rings. The first-order valence-electron chi connectivity index (χ1n) is 10.1. The van der Waals surface area contributed by atoms with E-state index in [-0.39, 0.29) is 31.3 Å². The quantitative estimate of drug-likeness (QED) is 0.627. The lowest BCUT2D eigenvalue weighted by atomic mass is 10.2. The Morgan fingerprint density at radius 1 is 1.17 bits per heavy atom. The van der Waals surface area contributed by atoms with Crippen molar-refractivity contribution in [1.29, 1.82) is 0 Å². The molecule has 1 aliphatic heterocycles. The molecular weight excluding hydrogens is 388 g/mol. The lowest BCUT2D eigenvalue weighted by Crippen LogP contribution is -2.49. The van der Waals surface area contributed by atoms with Crippen LogP contribution in [0.25, 0.3) is 0 Å². The highest BCUT2D eigenvalue weighted by molar-refractivity contribution is 5.90. The molecular formula is C21H28N4O5. The molecule has 0 saturated carbocycles. The highest BCUT2D eigenvalue weighted by atomic mass is 16.5. The van der Waals surface area contributed by atoms with Crippen LogP contribution >= 0.6 is 0 Å². The Labute approximate surface area is 175 Å². The Kier molecular flexibility index (Phi) is 7.42. The third-order valence-electron chi connectivity index (χ3n) is 4.99. The summed E-state index contributed by atoms with van der Waals surface area (Å²) in [5.74, 6) is -0.389. The van der Waals surface area contributed by atoms with Crippen LogP contribution in [-0.2, 0) is 18.4 Å². The number of carbonyl (C=O) groups is 1. The Morgan fingerprint density at radius 2 is 1.87 bits per heavy atom. The molecule has 0 spiro atoms. The minimum atomic E-state index is -0.682. The van der Waals surface area contributed by atoms with Crippen LogP contribution in [-0.4, -0.2) is 71.5 Å². The molecule has 0 radical (unpaired) electrons. The highest BCUT2D eigenvalue weighted by Crippen LogP contribution is 2.20. The normalized spacial score (nSPS) is 14.6. The van der Waals surface area contributed by atoms with Crippen molar-refractivity contribution in [3.63, 3.8) is 0 Å². The maximum atomic E-state index is 13.1. The summed E-state index contributed by atoms with van der Waals surface area (Å²) in [5.41, 5.74) is 0.332. The molecule has 1 aromatic heterocycles. The van der Waals surface area contributed by atoms with Gasteiger partial charge in [-0.25, -0.2) is 9.78 Å². The molecule has 1 fully saturated rings. The molecule has 0 aliphatic carbocycles. The van der Waals surface area contributed by atoms with E-state index < -0.39 is 11.5 Å². The van der Waals surface area contributed by atoms with Crippen molar-refractivity contribution in [2.75, 3.05) is 50.8 Å². The maximum absolute atomic E-state index is 13.1. The summed E-state index contributed by atoms with van der Waals surface area (Å²) < 4.78 is 12.3. The Hall–Kier alpha value is -2.91. The van der Waals surface area contributed by atoms with E-state index in [2.05, 4.69) is 9.88 Å². The number of ether oxygens (including phenoxy) is 2. The SMILES string of the molecule is CCOC(=O)c1nc(N2CCN(CCO)CC2)n(C)c(=O)c1OCc1ccccc1. The fourth-order valence-corrected chi connectivity index (χ4v) is 3.36. The molecule has 1 N–H and O–H groups in total. The zero-order valence-electron chi connectivity index (χ0n) is 17.4. The van der Waals surface area contributed by atoms with Gasteiger partial charge in [-0.3, -0.25) is 14.3 Å². The zero-order valence-corrected chi connectivity index (χ0v) is 17.4. The molecule has 0 bridgehead atoms. The molecule has 1 aromatic carbocycles. The molecule has 2 heterocycles. The topological polar surface area (TPSA) is 97.1 Å². The number of hydrogen-bond acceptors (Lipinski definition) is 8. The van der Waals surface area contributed by atoms with Crippen LogP contribution in [0, 0.1) is 0 Å². The van der Waals surface area contributed by atoms with Gasteiger partial charge in [0.05, 0.1) is 13.2 Å². The number of piperazine rings is 1. The van der Waals surface area contributed by atoms with Crippen LogP contribution in [0.2, 0.25) is 0 Å². The van der Waals surface area contributed by atoms with Gasteiger partial charge >= 0.3 is 5.97 Å². The fourth-order valence-electron chi connectivity index (χ4n) is 3.36. The number of aliphatic hydroxyl groups is 1. The highest BCUT2D eigenvalue weighted by Gasteiger charge is 2.27. The molecule has 0 atom stereocenters. The monoisotopic (exact) mass is 416 g/mol. The van der Waals surface area contributed by atoms with Crippen molar-refractivity contribution < 1.29 is 19.4 Å². The van der Waals surface area contributed by atoms with Crippen molar-refractivity contribution in [2.45, 2.75) is 13.5 Å². The first-order chi connectivity index (χ1) is 14.5. The predicted octanol–water partition coefficient (Wildman–Crippen LogP) is 0.650. The fraction of sp³-hybridized carbons (Fsp3) is 0.476. The molecule has 1 saturated heterocycles. The summed E-state index contributed by atoms with van der Waals surface area (Å²) >= 11 is 0. The lowest BCUT2D eigenvalue weighted by Gasteiger charge is -2.35. The maximum Gasteiger partial charge on any atom is 0.361 e. The van der Waals surface area contributed by atoms with Gasteiger partial charge in [0.15, 0.2) is 5.69 Å². The molecule has 9 heteroatoms. The predicted molar refractivity (Wildman–Crippen MR) is 112 cm³/mol. The second kappa shape index (κ2) is 10.2. The van der Waals surface area contributed by atoms with Crippen molar-refractivity contribution >= 4 is 11.9 Å². The van der Waals surface area contributed by atoms with Crippen LogP contribution in [0.5, 0.6) is 5.75 Å². The van der Waals surface area contributed by atoms with Gasteiger partial charge in [0.25, 0.3) is 5.56 Å². The van der Waals surface area contributed by atoms with E-state index in [9.17, 15) is 9.59 Å². The first kappa shape index (κ1) is 21.8. The van der Waals surface area contributed by atoms with E-state index in [4.69, 9.17) is 14.6 Å². The Bertz CT molecular complexity index is 908. The molecule has 0 unspecified atom stereocenters. The van der Waals surface area contributed by atoms with Crippen molar-refractivity contribution in [1.82, 2.24) is 14.5 Å². The summed E-state index contributed by atoms with van der Waals surface area (Å²) in [4.78, 5) is 34.2. The van der Waals surface area contributed by atoms with Crippen LogP contribution in [0.15, 0.2) is 35.1 Å². The summed E-state index contributed by atoms with van der Waals surface area (Å²) in [6, 6.07) is 9.40. The molecule has 30 heavy (non-hydrogen) atoms. The molecule has 9 nitrogen and oxygen atoms in total. The smallest absolute Gasteiger partial charge is 0.361 e. The van der Waals surface area contributed by atoms with Gasteiger partial charge in [-0.2, -0.15) is 0 Å². The number of anilines is 1. The average molecular weight is 416 g/mol. The van der Waals surface area contributed by atoms with Gasteiger partial charge in [-0.15, -0.1) is 0 Å². The second-order valence-corrected chi connectivity index (χ2v) is 7.00. The van der Waals surface area contributed by atoms with E-state index in [1.54, 1.807) is 14.0 Å². The van der Waals surface area contributed by atoms with E-state index in [1.807, 2.05) is 35.2 Å². The van der Waals surface area contributed by atoms with Crippen LogP contribution in [0.4, 0.5) is 5.95 Å². The summed E-state index contributed by atoms with van der Waals surface area (Å²) in [6.45, 7) is 5.46. The number of aliphatic hydroxyl groups excluding tert-OH is 1. The Morgan fingerprint density at radius 3 is 2.50 bits per heavy atom. The number of rotatable bonds is 8. The van der Waals surface area contributed by atoms with Crippen molar-refractivity contribution in [2.24, 2.45) is 7.05 Å².